The lowest BCUT2D eigenvalue weighted by molar-refractivity contribution is -0.321. The Hall–Kier alpha value is -1.68. The first-order chi connectivity index (χ1) is 12.6. The fraction of sp³-hybridized carbons (Fsp3) is 0.824. The van der Waals surface area contributed by atoms with Crippen molar-refractivity contribution in [1.82, 2.24) is 10.6 Å². The predicted molar refractivity (Wildman–Crippen MR) is 84.7 cm³/mol. The highest BCUT2D eigenvalue weighted by Gasteiger charge is 2.82. The van der Waals surface area contributed by atoms with Crippen molar-refractivity contribution in [3.05, 3.63) is 0 Å². The van der Waals surface area contributed by atoms with E-state index in [1.165, 1.54) is 0 Å². The van der Waals surface area contributed by atoms with Crippen LogP contribution in [0.15, 0.2) is 0 Å². The summed E-state index contributed by atoms with van der Waals surface area (Å²) in [5.74, 6) is -2.12. The topological polar surface area (TPSA) is 111 Å². The molecule has 7 nitrogen and oxygen atoms in total. The molecule has 2 aliphatic heterocycles. The van der Waals surface area contributed by atoms with Crippen molar-refractivity contribution >= 4 is 17.6 Å². The van der Waals surface area contributed by atoms with Gasteiger partial charge in [-0.3, -0.25) is 19.1 Å². The van der Waals surface area contributed by atoms with E-state index < -0.39 is 36.6 Å². The quantitative estimate of drug-likeness (QED) is 0.565. The molecule has 0 bridgehead atoms. The third-order valence-corrected chi connectivity index (χ3v) is 6.94. The average Bonchev–Trinajstić information content (AvgIpc) is 3.25. The number of ether oxygens (including phenoxy) is 1. The van der Waals surface area contributed by atoms with Crippen LogP contribution in [0.1, 0.15) is 19.3 Å². The number of rotatable bonds is 7. The summed E-state index contributed by atoms with van der Waals surface area (Å²) in [5.41, 5.74) is 5.23. The van der Waals surface area contributed by atoms with Gasteiger partial charge in [-0.05, 0) is 49.0 Å². The number of ketones is 1. The minimum Gasteiger partial charge on any atom is -0.368 e. The van der Waals surface area contributed by atoms with Crippen LogP contribution in [0.25, 0.3) is 0 Å². The van der Waals surface area contributed by atoms with Crippen molar-refractivity contribution in [2.75, 3.05) is 19.7 Å². The zero-order valence-corrected chi connectivity index (χ0v) is 14.6. The van der Waals surface area contributed by atoms with E-state index >= 15 is 0 Å². The van der Waals surface area contributed by atoms with Crippen LogP contribution in [0, 0.1) is 35.0 Å². The van der Waals surface area contributed by atoms with E-state index in [9.17, 15) is 27.6 Å². The molecule has 2 amide bonds. The minimum atomic E-state index is -4.87. The molecule has 0 radical (unpaired) electrons. The monoisotopic (exact) mass is 389 g/mol. The number of fused-ring (bicyclic) bond motifs is 3. The summed E-state index contributed by atoms with van der Waals surface area (Å²) in [4.78, 5) is 36.0. The highest BCUT2D eigenvalue weighted by Crippen LogP contribution is 2.82. The highest BCUT2D eigenvalue weighted by atomic mass is 19.4. The number of Topliss-reactive ketones (excluding diaryl/α,β-unsaturated/α-hetero) is 1. The number of amides is 2. The maximum absolute atomic E-state index is 12.6. The number of alkyl halides is 3. The molecule has 150 valence electrons. The Morgan fingerprint density at radius 3 is 2.70 bits per heavy atom. The van der Waals surface area contributed by atoms with Crippen molar-refractivity contribution in [2.45, 2.75) is 31.7 Å². The van der Waals surface area contributed by atoms with Crippen LogP contribution in [-0.2, 0) is 19.1 Å². The van der Waals surface area contributed by atoms with E-state index in [4.69, 9.17) is 5.73 Å². The summed E-state index contributed by atoms with van der Waals surface area (Å²) >= 11 is 0. The number of halogens is 3. The van der Waals surface area contributed by atoms with Crippen LogP contribution in [-0.4, -0.2) is 49.7 Å². The lowest BCUT2D eigenvalue weighted by Crippen LogP contribution is -2.41. The first kappa shape index (κ1) is 18.7. The molecule has 0 aromatic carbocycles. The number of hydrogen-bond donors (Lipinski definition) is 3. The van der Waals surface area contributed by atoms with E-state index in [0.29, 0.717) is 25.9 Å². The molecule has 7 atom stereocenters. The Bertz CT molecular complexity index is 685. The standard InChI is InChI=1S/C17H22F3N3O4/c18-17(19,20)27-6-11(24)8(3-7-1-2-22-15(7)26)9-4-16(9)10-5-23-13(12(10)16)14(21)25/h7-10,12-13,23H,1-6H2,(H2,21,25)(H,22,26)/t7-,8+,9?,10?,12?,13?,16?/m1/s1. The van der Waals surface area contributed by atoms with Crippen LogP contribution >= 0.6 is 0 Å². The van der Waals surface area contributed by atoms with Gasteiger partial charge in [-0.15, -0.1) is 13.2 Å². The summed E-state index contributed by atoms with van der Waals surface area (Å²) < 4.78 is 40.8. The fourth-order valence-corrected chi connectivity index (χ4v) is 5.70. The van der Waals surface area contributed by atoms with Gasteiger partial charge in [0.2, 0.25) is 11.8 Å². The van der Waals surface area contributed by atoms with E-state index in [1.807, 2.05) is 0 Å². The molecule has 4 rings (SSSR count). The first-order valence-electron chi connectivity index (χ1n) is 9.19. The van der Waals surface area contributed by atoms with Gasteiger partial charge in [0.1, 0.15) is 6.61 Å². The van der Waals surface area contributed by atoms with Gasteiger partial charge in [-0.1, -0.05) is 0 Å². The summed E-state index contributed by atoms with van der Waals surface area (Å²) in [6.45, 7) is 0.0960. The minimum absolute atomic E-state index is 0.0382. The lowest BCUT2D eigenvalue weighted by atomic mass is 9.85. The molecule has 4 fully saturated rings. The van der Waals surface area contributed by atoms with Gasteiger partial charge in [0.25, 0.3) is 0 Å². The van der Waals surface area contributed by atoms with Crippen molar-refractivity contribution in [1.29, 1.82) is 0 Å². The molecule has 0 aromatic heterocycles. The molecule has 2 saturated heterocycles. The molecule has 2 aliphatic carbocycles. The molecule has 2 saturated carbocycles. The van der Waals surface area contributed by atoms with Gasteiger partial charge in [-0.25, -0.2) is 0 Å². The van der Waals surface area contributed by atoms with Gasteiger partial charge in [-0.2, -0.15) is 0 Å². The van der Waals surface area contributed by atoms with Crippen LogP contribution in [0.4, 0.5) is 13.2 Å². The number of nitrogens with one attached hydrogen (secondary N) is 2. The molecular weight excluding hydrogens is 367 g/mol. The van der Waals surface area contributed by atoms with Gasteiger partial charge in [0.15, 0.2) is 5.78 Å². The second kappa shape index (κ2) is 6.16. The SMILES string of the molecule is NC(=O)C1NCC2C1C21CC1[C@H](C[C@H]1CCNC1=O)C(=O)COC(F)(F)F. The van der Waals surface area contributed by atoms with Crippen LogP contribution in [0.2, 0.25) is 0 Å². The van der Waals surface area contributed by atoms with Gasteiger partial charge in [0, 0.05) is 18.4 Å². The average molecular weight is 389 g/mol. The Labute approximate surface area is 153 Å². The Kier molecular flexibility index (Phi) is 4.26. The molecule has 4 N–H and O–H groups in total. The molecule has 27 heavy (non-hydrogen) atoms. The molecule has 10 heteroatoms. The largest absolute Gasteiger partial charge is 0.522 e. The number of hydrogen-bond acceptors (Lipinski definition) is 5. The summed E-state index contributed by atoms with van der Waals surface area (Å²) in [7, 11) is 0. The normalized spacial score (nSPS) is 40.6. The zero-order valence-electron chi connectivity index (χ0n) is 14.6. The molecular formula is C17H22F3N3O4. The predicted octanol–water partition coefficient (Wildman–Crippen LogP) is -0.0563. The Morgan fingerprint density at radius 1 is 1.37 bits per heavy atom. The molecule has 0 aromatic rings. The van der Waals surface area contributed by atoms with Gasteiger partial charge >= 0.3 is 6.36 Å². The maximum Gasteiger partial charge on any atom is 0.522 e. The maximum atomic E-state index is 12.6. The smallest absolute Gasteiger partial charge is 0.368 e. The first-order valence-corrected chi connectivity index (χ1v) is 9.19. The van der Waals surface area contributed by atoms with E-state index in [0.717, 1.165) is 0 Å². The molecule has 5 unspecified atom stereocenters. The number of primary amides is 1. The highest BCUT2D eigenvalue weighted by molar-refractivity contribution is 5.86. The number of carbonyl (C=O) groups excluding carboxylic acids is 3. The lowest BCUT2D eigenvalue weighted by Gasteiger charge is -2.20. The van der Waals surface area contributed by atoms with Crippen LogP contribution in [0.3, 0.4) is 0 Å². The zero-order chi connectivity index (χ0) is 19.6. The van der Waals surface area contributed by atoms with Crippen molar-refractivity contribution in [2.24, 2.45) is 40.7 Å². The van der Waals surface area contributed by atoms with E-state index in [2.05, 4.69) is 15.4 Å². The second-order valence-corrected chi connectivity index (χ2v) is 8.16. The van der Waals surface area contributed by atoms with Crippen LogP contribution < -0.4 is 16.4 Å². The van der Waals surface area contributed by atoms with Crippen molar-refractivity contribution in [3.8, 4) is 0 Å². The number of carbonyl (C=O) groups is 3. The third-order valence-electron chi connectivity index (χ3n) is 6.94. The van der Waals surface area contributed by atoms with E-state index in [1.54, 1.807) is 0 Å². The summed E-state index contributed by atoms with van der Waals surface area (Å²) in [6.07, 6.45) is -3.39. The van der Waals surface area contributed by atoms with E-state index in [-0.39, 0.29) is 41.4 Å². The number of piperidine rings is 1. The van der Waals surface area contributed by atoms with Crippen molar-refractivity contribution < 1.29 is 32.3 Å². The van der Waals surface area contributed by atoms with Gasteiger partial charge < -0.3 is 16.4 Å². The summed E-state index contributed by atoms with van der Waals surface area (Å²) in [5, 5.41) is 5.76. The van der Waals surface area contributed by atoms with Crippen molar-refractivity contribution in [3.63, 3.8) is 0 Å². The van der Waals surface area contributed by atoms with Gasteiger partial charge in [0.05, 0.1) is 6.04 Å². The molecule has 2 heterocycles. The summed E-state index contributed by atoms with van der Waals surface area (Å²) in [6, 6.07) is -0.447. The second-order valence-electron chi connectivity index (χ2n) is 8.16. The van der Waals surface area contributed by atoms with Crippen LogP contribution in [0.5, 0.6) is 0 Å². The Morgan fingerprint density at radius 2 is 2.11 bits per heavy atom. The molecule has 4 aliphatic rings. The third kappa shape index (κ3) is 3.12. The number of nitrogens with two attached hydrogens (primary N) is 1. The fourth-order valence-electron chi connectivity index (χ4n) is 5.70. The molecule has 1 spiro atoms. The Balaban J connectivity index is 1.47.